The monoisotopic (exact) mass is 409 g/mol. The van der Waals surface area contributed by atoms with Crippen LogP contribution >= 0.6 is 11.3 Å². The predicted octanol–water partition coefficient (Wildman–Crippen LogP) is 4.00. The van der Waals surface area contributed by atoms with Gasteiger partial charge < -0.3 is 15.0 Å². The molecule has 1 N–H and O–H groups in total. The van der Waals surface area contributed by atoms with Crippen LogP contribution in [-0.2, 0) is 9.59 Å². The summed E-state index contributed by atoms with van der Waals surface area (Å²) in [4.78, 5) is 31.9. The highest BCUT2D eigenvalue weighted by Crippen LogP contribution is 2.27. The molecule has 0 spiro atoms. The summed E-state index contributed by atoms with van der Waals surface area (Å²) in [7, 11) is 0. The van der Waals surface area contributed by atoms with Crippen molar-refractivity contribution >= 4 is 38.5 Å². The Balaban J connectivity index is 1.43. The lowest BCUT2D eigenvalue weighted by molar-refractivity contribution is -0.142. The highest BCUT2D eigenvalue weighted by molar-refractivity contribution is 7.22. The van der Waals surface area contributed by atoms with Gasteiger partial charge in [0.15, 0.2) is 11.2 Å². The van der Waals surface area contributed by atoms with Crippen molar-refractivity contribution in [3.63, 3.8) is 0 Å². The number of anilines is 1. The number of carbonyl (C=O) groups is 2. The largest absolute Gasteiger partial charge is 0.481 e. The van der Waals surface area contributed by atoms with E-state index in [-0.39, 0.29) is 11.8 Å². The number of fused-ring (bicyclic) bond motifs is 1. The fourth-order valence-electron chi connectivity index (χ4n) is 3.59. The molecule has 150 valence electrons. The molecule has 2 amide bonds. The maximum Gasteiger partial charge on any atom is 0.264 e. The third kappa shape index (κ3) is 4.24. The highest BCUT2D eigenvalue weighted by Gasteiger charge is 2.37. The van der Waals surface area contributed by atoms with Crippen LogP contribution in [0.3, 0.4) is 0 Å². The van der Waals surface area contributed by atoms with E-state index in [4.69, 9.17) is 4.74 Å². The van der Waals surface area contributed by atoms with Crippen LogP contribution < -0.4 is 10.1 Å². The fraction of sp³-hybridized carbons (Fsp3) is 0.318. The maximum absolute atomic E-state index is 13.0. The number of aromatic nitrogens is 1. The van der Waals surface area contributed by atoms with Gasteiger partial charge in [-0.05, 0) is 56.5 Å². The summed E-state index contributed by atoms with van der Waals surface area (Å²) in [6.45, 7) is 4.26. The van der Waals surface area contributed by atoms with Gasteiger partial charge in [-0.2, -0.15) is 0 Å². The van der Waals surface area contributed by atoms with E-state index in [0.29, 0.717) is 23.8 Å². The number of rotatable bonds is 5. The summed E-state index contributed by atoms with van der Waals surface area (Å²) in [6.07, 6.45) is 0.771. The Bertz CT molecular complexity index is 1020. The van der Waals surface area contributed by atoms with Crippen LogP contribution in [0, 0.1) is 6.92 Å². The third-order valence-corrected chi connectivity index (χ3v) is 5.96. The molecule has 1 fully saturated rings. The average molecular weight is 410 g/mol. The maximum atomic E-state index is 13.0. The number of likely N-dealkylation sites (tertiary alicyclic amines) is 1. The second-order valence-electron chi connectivity index (χ2n) is 7.24. The van der Waals surface area contributed by atoms with Gasteiger partial charge in [0.2, 0.25) is 5.91 Å². The van der Waals surface area contributed by atoms with Gasteiger partial charge in [-0.3, -0.25) is 9.59 Å². The van der Waals surface area contributed by atoms with Gasteiger partial charge in [0.25, 0.3) is 5.91 Å². The zero-order chi connectivity index (χ0) is 20.4. The molecule has 2 aromatic carbocycles. The highest BCUT2D eigenvalue weighted by atomic mass is 32.1. The minimum atomic E-state index is -0.660. The lowest BCUT2D eigenvalue weighted by Gasteiger charge is -2.26. The number of para-hydroxylation sites is 1. The second-order valence-corrected chi connectivity index (χ2v) is 8.27. The number of ether oxygens (including phenoxy) is 1. The summed E-state index contributed by atoms with van der Waals surface area (Å²) >= 11 is 1.43. The molecule has 3 aromatic rings. The SMILES string of the molecule is Cc1cccc(O[C@@H](C)C(=O)N2CCC[C@@H]2C(=O)Nc2nc3ccccc3s2)c1. The summed E-state index contributed by atoms with van der Waals surface area (Å²) in [5.74, 6) is 0.284. The topological polar surface area (TPSA) is 71.5 Å². The van der Waals surface area contributed by atoms with Crippen molar-refractivity contribution in [3.8, 4) is 5.75 Å². The third-order valence-electron chi connectivity index (χ3n) is 5.01. The molecule has 0 radical (unpaired) electrons. The molecule has 1 aromatic heterocycles. The van der Waals surface area contributed by atoms with Gasteiger partial charge in [0.05, 0.1) is 10.2 Å². The summed E-state index contributed by atoms with van der Waals surface area (Å²) in [5, 5.41) is 3.44. The molecule has 6 nitrogen and oxygen atoms in total. The van der Waals surface area contributed by atoms with Gasteiger partial charge in [-0.1, -0.05) is 35.6 Å². The molecular formula is C22H23N3O3S. The number of carbonyl (C=O) groups excluding carboxylic acids is 2. The summed E-state index contributed by atoms with van der Waals surface area (Å²) in [5.41, 5.74) is 1.92. The van der Waals surface area contributed by atoms with Crippen molar-refractivity contribution < 1.29 is 14.3 Å². The number of nitrogens with one attached hydrogen (secondary N) is 1. The number of aryl methyl sites for hydroxylation is 1. The molecule has 0 unspecified atom stereocenters. The van der Waals surface area contributed by atoms with Crippen LogP contribution in [-0.4, -0.2) is 40.4 Å². The van der Waals surface area contributed by atoms with E-state index in [2.05, 4.69) is 10.3 Å². The molecule has 1 aliphatic rings. The Labute approximate surface area is 173 Å². The zero-order valence-corrected chi connectivity index (χ0v) is 17.2. The van der Waals surface area contributed by atoms with E-state index in [0.717, 1.165) is 22.2 Å². The lowest BCUT2D eigenvalue weighted by Crippen LogP contribution is -2.47. The predicted molar refractivity (Wildman–Crippen MR) is 114 cm³/mol. The van der Waals surface area contributed by atoms with Crippen LogP contribution in [0.1, 0.15) is 25.3 Å². The Morgan fingerprint density at radius 1 is 1.24 bits per heavy atom. The first-order chi connectivity index (χ1) is 14.0. The Hall–Kier alpha value is -2.93. The van der Waals surface area contributed by atoms with Gasteiger partial charge in [-0.25, -0.2) is 4.98 Å². The lowest BCUT2D eigenvalue weighted by atomic mass is 10.2. The van der Waals surface area contributed by atoms with E-state index in [9.17, 15) is 9.59 Å². The first-order valence-corrected chi connectivity index (χ1v) is 10.5. The van der Waals surface area contributed by atoms with Crippen molar-refractivity contribution in [2.75, 3.05) is 11.9 Å². The normalized spacial score (nSPS) is 17.3. The van der Waals surface area contributed by atoms with Gasteiger partial charge in [-0.15, -0.1) is 0 Å². The second kappa shape index (κ2) is 8.21. The average Bonchev–Trinajstić information content (AvgIpc) is 3.33. The molecule has 4 rings (SSSR count). The van der Waals surface area contributed by atoms with E-state index < -0.39 is 12.1 Å². The zero-order valence-electron chi connectivity index (χ0n) is 16.4. The van der Waals surface area contributed by atoms with Crippen molar-refractivity contribution in [1.29, 1.82) is 0 Å². The van der Waals surface area contributed by atoms with Crippen molar-refractivity contribution in [2.24, 2.45) is 0 Å². The molecular weight excluding hydrogens is 386 g/mol. The van der Waals surface area contributed by atoms with Crippen LogP contribution in [0.2, 0.25) is 0 Å². The molecule has 7 heteroatoms. The van der Waals surface area contributed by atoms with E-state index in [1.807, 2.05) is 55.5 Å². The molecule has 1 aliphatic heterocycles. The number of amides is 2. The van der Waals surface area contributed by atoms with E-state index >= 15 is 0 Å². The minimum Gasteiger partial charge on any atom is -0.481 e. The number of hydrogen-bond donors (Lipinski definition) is 1. The van der Waals surface area contributed by atoms with Crippen molar-refractivity contribution in [2.45, 2.75) is 38.8 Å². The number of hydrogen-bond acceptors (Lipinski definition) is 5. The summed E-state index contributed by atoms with van der Waals surface area (Å²) in [6, 6.07) is 14.8. The molecule has 0 saturated carbocycles. The van der Waals surface area contributed by atoms with Crippen molar-refractivity contribution in [3.05, 3.63) is 54.1 Å². The number of nitrogens with zero attached hydrogens (tertiary/aromatic N) is 2. The molecule has 0 bridgehead atoms. The Kier molecular flexibility index (Phi) is 5.49. The Morgan fingerprint density at radius 3 is 2.86 bits per heavy atom. The first kappa shape index (κ1) is 19.4. The van der Waals surface area contributed by atoms with Crippen LogP contribution in [0.15, 0.2) is 48.5 Å². The van der Waals surface area contributed by atoms with Crippen LogP contribution in [0.5, 0.6) is 5.75 Å². The smallest absolute Gasteiger partial charge is 0.264 e. The first-order valence-electron chi connectivity index (χ1n) is 9.71. The van der Waals surface area contributed by atoms with Gasteiger partial charge in [0.1, 0.15) is 11.8 Å². The van der Waals surface area contributed by atoms with E-state index in [1.165, 1.54) is 11.3 Å². The molecule has 2 heterocycles. The number of benzene rings is 2. The molecule has 29 heavy (non-hydrogen) atoms. The molecule has 0 aliphatic carbocycles. The molecule has 2 atom stereocenters. The van der Waals surface area contributed by atoms with Gasteiger partial charge in [0, 0.05) is 6.54 Å². The van der Waals surface area contributed by atoms with Gasteiger partial charge >= 0.3 is 0 Å². The van der Waals surface area contributed by atoms with Crippen LogP contribution in [0.4, 0.5) is 5.13 Å². The molecule has 1 saturated heterocycles. The van der Waals surface area contributed by atoms with E-state index in [1.54, 1.807) is 11.8 Å². The van der Waals surface area contributed by atoms with Crippen molar-refractivity contribution in [1.82, 2.24) is 9.88 Å². The number of thiazole rings is 1. The minimum absolute atomic E-state index is 0.173. The summed E-state index contributed by atoms with van der Waals surface area (Å²) < 4.78 is 6.84. The Morgan fingerprint density at radius 2 is 2.07 bits per heavy atom. The fourth-order valence-corrected chi connectivity index (χ4v) is 4.46. The quantitative estimate of drug-likeness (QED) is 0.691. The van der Waals surface area contributed by atoms with Crippen LogP contribution in [0.25, 0.3) is 10.2 Å². The standard InChI is InChI=1S/C22H23N3O3S/c1-14-7-5-8-16(13-14)28-15(2)21(27)25-12-6-10-18(25)20(26)24-22-23-17-9-3-4-11-19(17)29-22/h3-5,7-9,11,13,15,18H,6,10,12H2,1-2H3,(H,23,24,26)/t15-,18+/m0/s1.